The molecule has 3 aromatic carbocycles. The summed E-state index contributed by atoms with van der Waals surface area (Å²) in [5.41, 5.74) is 2.34. The number of carbonyl (C=O) groups excluding carboxylic acids is 1. The standard InChI is InChI=1S/C29H35N3O7S2/c1-21-16-22(2)18-24(17-21)32(41(36,37)26-12-13-27(38-3)28(19-26)39-4)20-29(33)30-23-8-10-25(11-9-23)40(34,35)31-14-6-5-7-15-31/h8-13,16-19H,5-7,14-15,20H2,1-4H3,(H,30,33). The van der Waals surface area contributed by atoms with Gasteiger partial charge in [0, 0.05) is 24.8 Å². The molecule has 0 saturated carbocycles. The fourth-order valence-corrected chi connectivity index (χ4v) is 7.75. The third-order valence-electron chi connectivity index (χ3n) is 6.82. The first kappa shape index (κ1) is 30.4. The van der Waals surface area contributed by atoms with E-state index >= 15 is 0 Å². The third kappa shape index (κ3) is 6.83. The van der Waals surface area contributed by atoms with Gasteiger partial charge in [0.25, 0.3) is 10.0 Å². The Kier molecular flexibility index (Phi) is 9.25. The van der Waals surface area contributed by atoms with Crippen LogP contribution in [0, 0.1) is 13.8 Å². The predicted molar refractivity (Wildman–Crippen MR) is 158 cm³/mol. The lowest BCUT2D eigenvalue weighted by Gasteiger charge is -2.26. The number of sulfonamides is 2. The van der Waals surface area contributed by atoms with Crippen LogP contribution in [-0.4, -0.2) is 60.9 Å². The lowest BCUT2D eigenvalue weighted by molar-refractivity contribution is -0.114. The number of benzene rings is 3. The van der Waals surface area contributed by atoms with Crippen LogP contribution in [0.1, 0.15) is 30.4 Å². The van der Waals surface area contributed by atoms with Crippen LogP contribution in [0.5, 0.6) is 11.5 Å². The number of hydrogen-bond donors (Lipinski definition) is 1. The van der Waals surface area contributed by atoms with E-state index in [1.54, 1.807) is 12.1 Å². The van der Waals surface area contributed by atoms with Crippen LogP contribution < -0.4 is 19.1 Å². The Morgan fingerprint density at radius 3 is 1.98 bits per heavy atom. The fraction of sp³-hybridized carbons (Fsp3) is 0.345. The Morgan fingerprint density at radius 1 is 0.805 bits per heavy atom. The summed E-state index contributed by atoms with van der Waals surface area (Å²) in [7, 11) is -4.98. The van der Waals surface area contributed by atoms with Gasteiger partial charge in [0.1, 0.15) is 6.54 Å². The molecule has 1 aliphatic rings. The van der Waals surface area contributed by atoms with Gasteiger partial charge in [0.15, 0.2) is 11.5 Å². The minimum Gasteiger partial charge on any atom is -0.493 e. The van der Waals surface area contributed by atoms with Gasteiger partial charge in [0.2, 0.25) is 15.9 Å². The van der Waals surface area contributed by atoms with E-state index in [-0.39, 0.29) is 15.5 Å². The molecule has 0 aromatic heterocycles. The molecule has 3 aromatic rings. The maximum absolute atomic E-state index is 13.9. The molecule has 41 heavy (non-hydrogen) atoms. The Hall–Kier alpha value is -3.61. The molecule has 1 aliphatic heterocycles. The van der Waals surface area contributed by atoms with E-state index in [0.29, 0.717) is 30.2 Å². The molecule has 10 nitrogen and oxygen atoms in total. The Balaban J connectivity index is 1.60. The molecule has 12 heteroatoms. The minimum absolute atomic E-state index is 0.0746. The van der Waals surface area contributed by atoms with Crippen molar-refractivity contribution in [1.29, 1.82) is 0 Å². The summed E-state index contributed by atoms with van der Waals surface area (Å²) in [5, 5.41) is 2.70. The zero-order chi connectivity index (χ0) is 29.8. The van der Waals surface area contributed by atoms with Crippen LogP contribution in [0.15, 0.2) is 70.5 Å². The van der Waals surface area contributed by atoms with Crippen molar-refractivity contribution in [2.45, 2.75) is 42.9 Å². The van der Waals surface area contributed by atoms with E-state index in [2.05, 4.69) is 5.32 Å². The monoisotopic (exact) mass is 601 g/mol. The van der Waals surface area contributed by atoms with E-state index in [9.17, 15) is 21.6 Å². The Morgan fingerprint density at radius 2 is 1.39 bits per heavy atom. The number of aryl methyl sites for hydroxylation is 2. The number of nitrogens with one attached hydrogen (secondary N) is 1. The molecular formula is C29H35N3O7S2. The molecule has 0 unspecified atom stereocenters. The van der Waals surface area contributed by atoms with Gasteiger partial charge in [-0.2, -0.15) is 4.31 Å². The van der Waals surface area contributed by atoms with Crippen molar-refractivity contribution in [1.82, 2.24) is 4.31 Å². The number of rotatable bonds is 10. The predicted octanol–water partition coefficient (Wildman–Crippen LogP) is 4.33. The van der Waals surface area contributed by atoms with Gasteiger partial charge in [-0.3, -0.25) is 9.10 Å². The largest absolute Gasteiger partial charge is 0.493 e. The molecule has 0 bridgehead atoms. The molecule has 0 atom stereocenters. The van der Waals surface area contributed by atoms with Crippen LogP contribution in [-0.2, 0) is 24.8 Å². The third-order valence-corrected chi connectivity index (χ3v) is 10.5. The van der Waals surface area contributed by atoms with Crippen LogP contribution >= 0.6 is 0 Å². The highest BCUT2D eigenvalue weighted by Crippen LogP contribution is 2.33. The number of ether oxygens (including phenoxy) is 2. The number of nitrogens with zero attached hydrogens (tertiary/aromatic N) is 2. The molecule has 1 heterocycles. The van der Waals surface area contributed by atoms with Crippen molar-refractivity contribution in [3.8, 4) is 11.5 Å². The second kappa shape index (κ2) is 12.5. The SMILES string of the molecule is COc1ccc(S(=O)(=O)N(CC(=O)Nc2ccc(S(=O)(=O)N3CCCCC3)cc2)c2cc(C)cc(C)c2)cc1OC. The summed E-state index contributed by atoms with van der Waals surface area (Å²) in [6.45, 7) is 4.15. The number of piperidine rings is 1. The smallest absolute Gasteiger partial charge is 0.264 e. The van der Waals surface area contributed by atoms with Gasteiger partial charge >= 0.3 is 0 Å². The number of hydrogen-bond acceptors (Lipinski definition) is 7. The van der Waals surface area contributed by atoms with Gasteiger partial charge < -0.3 is 14.8 Å². The van der Waals surface area contributed by atoms with E-state index in [1.807, 2.05) is 19.9 Å². The first-order chi connectivity index (χ1) is 19.4. The number of methoxy groups -OCH3 is 2. The highest BCUT2D eigenvalue weighted by Gasteiger charge is 2.29. The normalized spacial score (nSPS) is 14.3. The molecule has 1 N–H and O–H groups in total. The molecular weight excluding hydrogens is 566 g/mol. The van der Waals surface area contributed by atoms with Crippen molar-refractivity contribution in [2.24, 2.45) is 0 Å². The molecule has 0 aliphatic carbocycles. The number of carbonyl (C=O) groups is 1. The second-order valence-corrected chi connectivity index (χ2v) is 13.7. The maximum atomic E-state index is 13.9. The average molecular weight is 602 g/mol. The molecule has 4 rings (SSSR count). The highest BCUT2D eigenvalue weighted by molar-refractivity contribution is 7.92. The zero-order valence-corrected chi connectivity index (χ0v) is 25.2. The quantitative estimate of drug-likeness (QED) is 0.367. The van der Waals surface area contributed by atoms with E-state index in [1.165, 1.54) is 61.0 Å². The zero-order valence-electron chi connectivity index (χ0n) is 23.6. The van der Waals surface area contributed by atoms with Gasteiger partial charge in [-0.05, 0) is 86.3 Å². The van der Waals surface area contributed by atoms with Crippen molar-refractivity contribution in [3.05, 3.63) is 71.8 Å². The van der Waals surface area contributed by atoms with Crippen molar-refractivity contribution >= 4 is 37.3 Å². The molecule has 1 amide bonds. The average Bonchev–Trinajstić information content (AvgIpc) is 2.95. The maximum Gasteiger partial charge on any atom is 0.264 e. The van der Waals surface area contributed by atoms with Gasteiger partial charge in [-0.1, -0.05) is 12.5 Å². The first-order valence-corrected chi connectivity index (χ1v) is 16.1. The summed E-state index contributed by atoms with van der Waals surface area (Å²) in [5.74, 6) is 0.00531. The topological polar surface area (TPSA) is 122 Å². The first-order valence-electron chi connectivity index (χ1n) is 13.2. The molecule has 0 radical (unpaired) electrons. The second-order valence-electron chi connectivity index (χ2n) is 9.91. The van der Waals surface area contributed by atoms with Crippen molar-refractivity contribution in [2.75, 3.05) is 43.5 Å². The summed E-state index contributed by atoms with van der Waals surface area (Å²) in [6, 6.07) is 15.4. The van der Waals surface area contributed by atoms with E-state index < -0.39 is 32.5 Å². The summed E-state index contributed by atoms with van der Waals surface area (Å²) >= 11 is 0. The van der Waals surface area contributed by atoms with Gasteiger partial charge in [0.05, 0.1) is 29.7 Å². The molecule has 220 valence electrons. The summed E-state index contributed by atoms with van der Waals surface area (Å²) < 4.78 is 66.8. The van der Waals surface area contributed by atoms with Gasteiger partial charge in [-0.25, -0.2) is 16.8 Å². The number of anilines is 2. The van der Waals surface area contributed by atoms with Gasteiger partial charge in [-0.15, -0.1) is 0 Å². The molecule has 0 spiro atoms. The van der Waals surface area contributed by atoms with Crippen LogP contribution in [0.3, 0.4) is 0 Å². The van der Waals surface area contributed by atoms with Crippen molar-refractivity contribution in [3.63, 3.8) is 0 Å². The number of amides is 1. The van der Waals surface area contributed by atoms with E-state index in [4.69, 9.17) is 9.47 Å². The highest BCUT2D eigenvalue weighted by atomic mass is 32.2. The molecule has 1 saturated heterocycles. The lowest BCUT2D eigenvalue weighted by atomic mass is 10.1. The Labute approximate surface area is 242 Å². The van der Waals surface area contributed by atoms with Crippen LogP contribution in [0.2, 0.25) is 0 Å². The molecule has 1 fully saturated rings. The summed E-state index contributed by atoms with van der Waals surface area (Å²) in [4.78, 5) is 13.3. The van der Waals surface area contributed by atoms with Crippen LogP contribution in [0.25, 0.3) is 0 Å². The van der Waals surface area contributed by atoms with Crippen molar-refractivity contribution < 1.29 is 31.1 Å². The Bertz CT molecular complexity index is 1600. The van der Waals surface area contributed by atoms with Crippen LogP contribution in [0.4, 0.5) is 11.4 Å². The minimum atomic E-state index is -4.22. The summed E-state index contributed by atoms with van der Waals surface area (Å²) in [6.07, 6.45) is 2.67. The fourth-order valence-electron chi connectivity index (χ4n) is 4.81. The lowest BCUT2D eigenvalue weighted by Crippen LogP contribution is -2.38. The van der Waals surface area contributed by atoms with E-state index in [0.717, 1.165) is 34.7 Å².